The quantitative estimate of drug-likeness (QED) is 0.560. The molecule has 1 fully saturated rings. The number of hydrogen-bond donors (Lipinski definition) is 0. The van der Waals surface area contributed by atoms with E-state index in [4.69, 9.17) is 16.3 Å². The number of halogens is 2. The molecule has 1 aliphatic carbocycles. The van der Waals surface area contributed by atoms with E-state index in [1.807, 2.05) is 12.1 Å². The number of esters is 1. The average molecular weight is 448 g/mol. The maximum atomic E-state index is 12.8. The van der Waals surface area contributed by atoms with Crippen molar-refractivity contribution >= 4 is 39.1 Å². The Kier molecular flexibility index (Phi) is 4.78. The smallest absolute Gasteiger partial charge is 0.316 e. The number of aromatic nitrogens is 2. The number of benzene rings is 1. The van der Waals surface area contributed by atoms with Gasteiger partial charge in [-0.15, -0.1) is 0 Å². The number of carbonyl (C=O) groups is 1. The number of pyridine rings is 1. The Morgan fingerprint density at radius 1 is 1.22 bits per heavy atom. The van der Waals surface area contributed by atoms with Gasteiger partial charge >= 0.3 is 5.97 Å². The van der Waals surface area contributed by atoms with E-state index in [1.54, 1.807) is 30.5 Å². The molecule has 2 aromatic heterocycles. The van der Waals surface area contributed by atoms with Gasteiger partial charge in [-0.05, 0) is 58.6 Å². The van der Waals surface area contributed by atoms with Gasteiger partial charge in [0.15, 0.2) is 0 Å². The fourth-order valence-electron chi connectivity index (χ4n) is 3.39. The van der Waals surface area contributed by atoms with E-state index in [2.05, 4.69) is 20.9 Å². The van der Waals surface area contributed by atoms with Crippen LogP contribution in [0.1, 0.15) is 30.5 Å². The van der Waals surface area contributed by atoms with Crippen LogP contribution in [-0.2, 0) is 21.6 Å². The highest BCUT2D eigenvalue weighted by atomic mass is 79.9. The predicted octanol–water partition coefficient (Wildman–Crippen LogP) is 4.28. The van der Waals surface area contributed by atoms with Gasteiger partial charge in [-0.25, -0.2) is 4.98 Å². The number of hydrogen-bond acceptors (Lipinski definition) is 4. The lowest BCUT2D eigenvalue weighted by molar-refractivity contribution is -0.156. The molecule has 7 heteroatoms. The third-order valence-electron chi connectivity index (χ3n) is 5.02. The zero-order chi connectivity index (χ0) is 19.0. The second-order valence-electron chi connectivity index (χ2n) is 6.68. The fraction of sp³-hybridized carbons (Fsp3) is 0.250. The molecule has 0 spiro atoms. The highest BCUT2D eigenvalue weighted by Crippen LogP contribution is 2.45. The Bertz CT molecular complexity index is 1070. The van der Waals surface area contributed by atoms with Gasteiger partial charge in [0.25, 0.3) is 5.56 Å². The minimum absolute atomic E-state index is 0.0318. The second kappa shape index (κ2) is 7.09. The van der Waals surface area contributed by atoms with Crippen molar-refractivity contribution in [3.8, 4) is 0 Å². The molecule has 138 valence electrons. The first-order valence-corrected chi connectivity index (χ1v) is 9.76. The molecular weight excluding hydrogens is 432 g/mol. The summed E-state index contributed by atoms with van der Waals surface area (Å²) in [5.41, 5.74) is 1.01. The summed E-state index contributed by atoms with van der Waals surface area (Å²) in [6.45, 7) is -0.0318. The maximum absolute atomic E-state index is 12.8. The first kappa shape index (κ1) is 18.2. The van der Waals surface area contributed by atoms with Gasteiger partial charge in [0.05, 0.1) is 11.1 Å². The lowest BCUT2D eigenvalue weighted by Gasteiger charge is -2.39. The van der Waals surface area contributed by atoms with Crippen molar-refractivity contribution in [3.63, 3.8) is 0 Å². The van der Waals surface area contributed by atoms with E-state index in [0.717, 1.165) is 29.3 Å². The zero-order valence-corrected chi connectivity index (χ0v) is 16.7. The van der Waals surface area contributed by atoms with Crippen LogP contribution >= 0.6 is 27.5 Å². The molecule has 5 nitrogen and oxygen atoms in total. The third-order valence-corrected chi connectivity index (χ3v) is 5.74. The van der Waals surface area contributed by atoms with Gasteiger partial charge in [-0.2, -0.15) is 0 Å². The highest BCUT2D eigenvalue weighted by Gasteiger charge is 2.47. The van der Waals surface area contributed by atoms with Gasteiger partial charge in [0.2, 0.25) is 0 Å². The minimum atomic E-state index is -0.624. The normalized spacial score (nSPS) is 15.3. The Morgan fingerprint density at radius 3 is 2.63 bits per heavy atom. The molecule has 0 atom stereocenters. The van der Waals surface area contributed by atoms with Crippen molar-refractivity contribution in [2.24, 2.45) is 0 Å². The van der Waals surface area contributed by atoms with Crippen molar-refractivity contribution < 1.29 is 9.53 Å². The van der Waals surface area contributed by atoms with Gasteiger partial charge in [0, 0.05) is 21.8 Å². The summed E-state index contributed by atoms with van der Waals surface area (Å²) in [7, 11) is 0. The molecule has 4 rings (SSSR count). The monoisotopic (exact) mass is 446 g/mol. The average Bonchev–Trinajstić information content (AvgIpc) is 2.61. The summed E-state index contributed by atoms with van der Waals surface area (Å²) < 4.78 is 7.78. The van der Waals surface area contributed by atoms with Gasteiger partial charge < -0.3 is 4.74 Å². The molecule has 27 heavy (non-hydrogen) atoms. The number of ether oxygens (including phenoxy) is 1. The van der Waals surface area contributed by atoms with Crippen LogP contribution in [-0.4, -0.2) is 15.4 Å². The molecule has 1 aromatic carbocycles. The van der Waals surface area contributed by atoms with E-state index in [0.29, 0.717) is 16.4 Å². The number of nitrogens with zero attached hydrogens (tertiary/aromatic N) is 2. The molecule has 0 aliphatic heterocycles. The summed E-state index contributed by atoms with van der Waals surface area (Å²) in [6, 6.07) is 12.3. The first-order chi connectivity index (χ1) is 13.0. The summed E-state index contributed by atoms with van der Waals surface area (Å²) in [5, 5.41) is 0.633. The molecule has 1 saturated carbocycles. The van der Waals surface area contributed by atoms with E-state index in [1.165, 1.54) is 10.5 Å². The first-order valence-electron chi connectivity index (χ1n) is 8.59. The Morgan fingerprint density at radius 2 is 1.96 bits per heavy atom. The maximum Gasteiger partial charge on any atom is 0.316 e. The molecule has 0 saturated heterocycles. The van der Waals surface area contributed by atoms with Gasteiger partial charge in [0.1, 0.15) is 12.3 Å². The number of fused-ring (bicyclic) bond motifs is 1. The van der Waals surface area contributed by atoms with Crippen LogP contribution in [0, 0.1) is 0 Å². The summed E-state index contributed by atoms with van der Waals surface area (Å²) in [4.78, 5) is 29.5. The summed E-state index contributed by atoms with van der Waals surface area (Å²) in [5.74, 6) is -0.283. The van der Waals surface area contributed by atoms with Crippen molar-refractivity contribution in [2.45, 2.75) is 31.3 Å². The van der Waals surface area contributed by atoms with Crippen LogP contribution in [0.3, 0.4) is 0 Å². The van der Waals surface area contributed by atoms with Crippen LogP contribution < -0.4 is 5.56 Å². The number of rotatable bonds is 4. The lowest BCUT2D eigenvalue weighted by Crippen LogP contribution is -2.43. The third kappa shape index (κ3) is 3.39. The van der Waals surface area contributed by atoms with Gasteiger partial charge in [-0.3, -0.25) is 14.0 Å². The van der Waals surface area contributed by atoms with Crippen molar-refractivity contribution in [2.75, 3.05) is 0 Å². The molecule has 1 aliphatic rings. The molecule has 0 bridgehead atoms. The van der Waals surface area contributed by atoms with Crippen LogP contribution in [0.25, 0.3) is 5.65 Å². The van der Waals surface area contributed by atoms with E-state index in [-0.39, 0.29) is 18.1 Å². The Balaban J connectivity index is 1.55. The van der Waals surface area contributed by atoms with Crippen LogP contribution in [0.5, 0.6) is 0 Å². The van der Waals surface area contributed by atoms with E-state index < -0.39 is 5.41 Å². The molecule has 0 radical (unpaired) electrons. The molecule has 0 unspecified atom stereocenters. The summed E-state index contributed by atoms with van der Waals surface area (Å²) in [6.07, 6.45) is 4.12. The summed E-state index contributed by atoms with van der Waals surface area (Å²) >= 11 is 9.29. The van der Waals surface area contributed by atoms with Crippen molar-refractivity contribution in [3.05, 3.63) is 79.8 Å². The van der Waals surface area contributed by atoms with Gasteiger partial charge in [-0.1, -0.05) is 30.2 Å². The number of carbonyl (C=O) groups excluding carboxylic acids is 1. The SMILES string of the molecule is O=C(OCc1cc(=O)n2cc(Br)ccc2n1)C1(c2ccc(Cl)cc2)CCC1. The molecule has 3 aromatic rings. The lowest BCUT2D eigenvalue weighted by atomic mass is 9.64. The van der Waals surface area contributed by atoms with E-state index >= 15 is 0 Å². The fourth-order valence-corrected chi connectivity index (χ4v) is 3.85. The molecule has 0 amide bonds. The predicted molar refractivity (Wildman–Crippen MR) is 106 cm³/mol. The highest BCUT2D eigenvalue weighted by molar-refractivity contribution is 9.10. The molecular formula is C20H16BrClN2O3. The van der Waals surface area contributed by atoms with Crippen LogP contribution in [0.2, 0.25) is 5.02 Å². The largest absolute Gasteiger partial charge is 0.458 e. The standard InChI is InChI=1S/C20H16BrClN2O3/c21-14-4-7-17-23-16(10-18(25)24(17)11-14)12-27-19(26)20(8-1-9-20)13-2-5-15(22)6-3-13/h2-7,10-11H,1,8-9,12H2. The Hall–Kier alpha value is -2.18. The zero-order valence-electron chi connectivity index (χ0n) is 14.3. The molecule has 2 heterocycles. The Labute approximate surface area is 169 Å². The van der Waals surface area contributed by atoms with Crippen molar-refractivity contribution in [1.29, 1.82) is 0 Å². The van der Waals surface area contributed by atoms with E-state index in [9.17, 15) is 9.59 Å². The molecule has 0 N–H and O–H groups in total. The topological polar surface area (TPSA) is 60.7 Å². The van der Waals surface area contributed by atoms with Crippen LogP contribution in [0.15, 0.2) is 57.9 Å². The second-order valence-corrected chi connectivity index (χ2v) is 8.03. The van der Waals surface area contributed by atoms with Crippen LogP contribution in [0.4, 0.5) is 0 Å². The minimum Gasteiger partial charge on any atom is -0.458 e. The van der Waals surface area contributed by atoms with Crippen molar-refractivity contribution in [1.82, 2.24) is 9.38 Å².